The van der Waals surface area contributed by atoms with E-state index in [4.69, 9.17) is 0 Å². The Labute approximate surface area is 115 Å². The first kappa shape index (κ1) is 14.2. The molecule has 0 spiro atoms. The summed E-state index contributed by atoms with van der Waals surface area (Å²) in [5.41, 5.74) is -0.398. The van der Waals surface area contributed by atoms with Gasteiger partial charge in [0, 0.05) is 13.1 Å². The van der Waals surface area contributed by atoms with Gasteiger partial charge in [-0.15, -0.1) is 0 Å². The molecule has 0 N–H and O–H groups in total. The highest BCUT2D eigenvalue weighted by molar-refractivity contribution is 5.92. The number of rotatable bonds is 4. The summed E-state index contributed by atoms with van der Waals surface area (Å²) in [5.74, 6) is -1.80. The van der Waals surface area contributed by atoms with Gasteiger partial charge in [0.25, 0.3) is 5.69 Å². The minimum atomic E-state index is -0.950. The van der Waals surface area contributed by atoms with E-state index in [0.717, 1.165) is 32.4 Å². The summed E-state index contributed by atoms with van der Waals surface area (Å²) in [5, 5.41) is 11.1. The highest BCUT2D eigenvalue weighted by Gasteiger charge is 2.29. The second-order valence-electron chi connectivity index (χ2n) is 4.77. The number of halogens is 1. The SMILES string of the molecule is COC(=O)c1cc(N(C)C2CCC2)c([N+](=O)[O-])cc1F. The van der Waals surface area contributed by atoms with Crippen molar-refractivity contribution in [3.63, 3.8) is 0 Å². The van der Waals surface area contributed by atoms with Crippen LogP contribution in [0.25, 0.3) is 0 Å². The van der Waals surface area contributed by atoms with E-state index in [2.05, 4.69) is 4.74 Å². The first-order valence-corrected chi connectivity index (χ1v) is 6.24. The lowest BCUT2D eigenvalue weighted by Gasteiger charge is -2.36. The van der Waals surface area contributed by atoms with Crippen LogP contribution in [0.2, 0.25) is 0 Å². The minimum absolute atomic E-state index is 0.185. The largest absolute Gasteiger partial charge is 0.465 e. The van der Waals surface area contributed by atoms with Crippen LogP contribution in [0.1, 0.15) is 29.6 Å². The van der Waals surface area contributed by atoms with E-state index in [1.165, 1.54) is 6.07 Å². The summed E-state index contributed by atoms with van der Waals surface area (Å²) >= 11 is 0. The van der Waals surface area contributed by atoms with E-state index in [0.29, 0.717) is 0 Å². The number of anilines is 1. The molecule has 1 aromatic carbocycles. The van der Waals surface area contributed by atoms with Gasteiger partial charge in [-0.1, -0.05) is 0 Å². The lowest BCUT2D eigenvalue weighted by Crippen LogP contribution is -2.37. The van der Waals surface area contributed by atoms with Crippen molar-refractivity contribution < 1.29 is 18.8 Å². The predicted octanol–water partition coefficient (Wildman–Crippen LogP) is 2.51. The smallest absolute Gasteiger partial charge is 0.340 e. The van der Waals surface area contributed by atoms with Crippen LogP contribution in [0.3, 0.4) is 0 Å². The average Bonchev–Trinajstić information content (AvgIpc) is 2.35. The number of esters is 1. The van der Waals surface area contributed by atoms with Crippen molar-refractivity contribution in [1.29, 1.82) is 0 Å². The molecule has 1 aliphatic carbocycles. The van der Waals surface area contributed by atoms with E-state index in [1.54, 1.807) is 11.9 Å². The fourth-order valence-corrected chi connectivity index (χ4v) is 2.22. The summed E-state index contributed by atoms with van der Waals surface area (Å²) in [6, 6.07) is 2.15. The molecule has 1 fully saturated rings. The van der Waals surface area contributed by atoms with Crippen LogP contribution in [0.15, 0.2) is 12.1 Å². The van der Waals surface area contributed by atoms with Crippen molar-refractivity contribution in [3.8, 4) is 0 Å². The number of nitro benzene ring substituents is 1. The molecule has 0 aromatic heterocycles. The third kappa shape index (κ3) is 2.43. The summed E-state index contributed by atoms with van der Waals surface area (Å²) in [7, 11) is 2.85. The predicted molar refractivity (Wildman–Crippen MR) is 70.4 cm³/mol. The summed E-state index contributed by atoms with van der Waals surface area (Å²) < 4.78 is 18.3. The third-order valence-corrected chi connectivity index (χ3v) is 3.67. The Balaban J connectivity index is 2.50. The Morgan fingerprint density at radius 2 is 2.15 bits per heavy atom. The van der Waals surface area contributed by atoms with E-state index in [1.807, 2.05) is 0 Å². The minimum Gasteiger partial charge on any atom is -0.465 e. The molecular formula is C13H15FN2O4. The first-order chi connectivity index (χ1) is 9.45. The third-order valence-electron chi connectivity index (χ3n) is 3.67. The fourth-order valence-electron chi connectivity index (χ4n) is 2.22. The summed E-state index contributed by atoms with van der Waals surface area (Å²) in [6.45, 7) is 0. The van der Waals surface area contributed by atoms with Gasteiger partial charge in [0.15, 0.2) is 0 Å². The number of hydrogen-bond acceptors (Lipinski definition) is 5. The number of hydrogen-bond donors (Lipinski definition) is 0. The zero-order valence-corrected chi connectivity index (χ0v) is 11.3. The Hall–Kier alpha value is -2.18. The Morgan fingerprint density at radius 3 is 2.60 bits per heavy atom. The molecular weight excluding hydrogens is 267 g/mol. The van der Waals surface area contributed by atoms with Crippen molar-refractivity contribution >= 4 is 17.3 Å². The van der Waals surface area contributed by atoms with E-state index >= 15 is 0 Å². The molecule has 0 unspecified atom stereocenters. The summed E-state index contributed by atoms with van der Waals surface area (Å²) in [6.07, 6.45) is 2.92. The maximum atomic E-state index is 13.8. The molecule has 2 rings (SSSR count). The Kier molecular flexibility index (Phi) is 3.87. The average molecular weight is 282 g/mol. The number of methoxy groups -OCH3 is 1. The highest BCUT2D eigenvalue weighted by Crippen LogP contribution is 2.35. The number of nitro groups is 1. The van der Waals surface area contributed by atoms with Crippen LogP contribution in [0, 0.1) is 15.9 Å². The van der Waals surface area contributed by atoms with Crippen molar-refractivity contribution in [3.05, 3.63) is 33.6 Å². The van der Waals surface area contributed by atoms with Crippen LogP contribution in [-0.2, 0) is 4.74 Å². The van der Waals surface area contributed by atoms with Crippen LogP contribution in [0.4, 0.5) is 15.8 Å². The molecule has 0 aliphatic heterocycles. The van der Waals surface area contributed by atoms with Gasteiger partial charge in [-0.25, -0.2) is 9.18 Å². The van der Waals surface area contributed by atoms with Gasteiger partial charge >= 0.3 is 5.97 Å². The lowest BCUT2D eigenvalue weighted by molar-refractivity contribution is -0.384. The van der Waals surface area contributed by atoms with Gasteiger partial charge in [0.05, 0.1) is 23.7 Å². The van der Waals surface area contributed by atoms with Crippen LogP contribution in [-0.4, -0.2) is 31.1 Å². The highest BCUT2D eigenvalue weighted by atomic mass is 19.1. The molecule has 0 saturated heterocycles. The van der Waals surface area contributed by atoms with Gasteiger partial charge in [0.2, 0.25) is 0 Å². The molecule has 1 aromatic rings. The number of carbonyl (C=O) groups is 1. The molecule has 0 bridgehead atoms. The maximum Gasteiger partial charge on any atom is 0.340 e. The van der Waals surface area contributed by atoms with Crippen LogP contribution < -0.4 is 4.90 Å². The van der Waals surface area contributed by atoms with Crippen molar-refractivity contribution in [1.82, 2.24) is 0 Å². The number of nitrogens with zero attached hydrogens (tertiary/aromatic N) is 2. The van der Waals surface area contributed by atoms with E-state index in [-0.39, 0.29) is 23.0 Å². The van der Waals surface area contributed by atoms with Gasteiger partial charge in [0.1, 0.15) is 11.5 Å². The second kappa shape index (κ2) is 5.44. The van der Waals surface area contributed by atoms with Gasteiger partial charge < -0.3 is 9.64 Å². The van der Waals surface area contributed by atoms with Crippen LogP contribution in [0.5, 0.6) is 0 Å². The summed E-state index contributed by atoms with van der Waals surface area (Å²) in [4.78, 5) is 23.6. The molecule has 108 valence electrons. The second-order valence-corrected chi connectivity index (χ2v) is 4.77. The molecule has 6 nitrogen and oxygen atoms in total. The zero-order valence-electron chi connectivity index (χ0n) is 11.3. The zero-order chi connectivity index (χ0) is 14.9. The van der Waals surface area contributed by atoms with E-state index < -0.39 is 16.7 Å². The van der Waals surface area contributed by atoms with Crippen molar-refractivity contribution in [2.45, 2.75) is 25.3 Å². The topological polar surface area (TPSA) is 72.7 Å². The van der Waals surface area contributed by atoms with Crippen molar-refractivity contribution in [2.24, 2.45) is 0 Å². The number of benzene rings is 1. The van der Waals surface area contributed by atoms with Gasteiger partial charge in [-0.3, -0.25) is 10.1 Å². The van der Waals surface area contributed by atoms with E-state index in [9.17, 15) is 19.3 Å². The monoisotopic (exact) mass is 282 g/mol. The normalized spacial score (nSPS) is 14.6. The maximum absolute atomic E-state index is 13.8. The quantitative estimate of drug-likeness (QED) is 0.482. The Morgan fingerprint density at radius 1 is 1.50 bits per heavy atom. The lowest BCUT2D eigenvalue weighted by atomic mass is 9.91. The standard InChI is InChI=1S/C13H15FN2O4/c1-15(8-4-3-5-8)11-6-9(13(17)20-2)10(14)7-12(11)16(18)19/h6-8H,3-5H2,1-2H3. The Bertz CT molecular complexity index is 558. The molecule has 0 amide bonds. The van der Waals surface area contributed by atoms with Crippen LogP contribution >= 0.6 is 0 Å². The number of ether oxygens (including phenoxy) is 1. The molecule has 1 aliphatic rings. The molecule has 0 atom stereocenters. The molecule has 0 heterocycles. The molecule has 7 heteroatoms. The number of carbonyl (C=O) groups excluding carboxylic acids is 1. The fraction of sp³-hybridized carbons (Fsp3) is 0.462. The van der Waals surface area contributed by atoms with Gasteiger partial charge in [-0.2, -0.15) is 0 Å². The molecule has 0 radical (unpaired) electrons. The van der Waals surface area contributed by atoms with Crippen molar-refractivity contribution in [2.75, 3.05) is 19.1 Å². The molecule has 20 heavy (non-hydrogen) atoms. The molecule has 1 saturated carbocycles. The first-order valence-electron chi connectivity index (χ1n) is 6.24. The van der Waals surface area contributed by atoms with Gasteiger partial charge in [-0.05, 0) is 25.3 Å².